The molecule has 1 atom stereocenters. The number of likely N-dealkylation sites (tertiary alicyclic amines) is 1. The van der Waals surface area contributed by atoms with Gasteiger partial charge in [-0.25, -0.2) is 9.97 Å². The number of hydrogen-bond donors (Lipinski definition) is 0. The standard InChI is InChI=1S/C25H29N5O2/c1-29(2)25-27-17-20(18-11-13-26-14-12-18)24(28-25)21-9-6-7-15-30(21)23(31)16-19-8-4-5-10-22(19)32-3/h4-5,8,10-14,17,21H,6-7,9,15-16H2,1-3H3/t21-/m0/s1. The fraction of sp³-hybridized carbons (Fsp3) is 0.360. The molecule has 166 valence electrons. The van der Waals surface area contributed by atoms with Gasteiger partial charge in [-0.2, -0.15) is 0 Å². The van der Waals surface area contributed by atoms with E-state index >= 15 is 0 Å². The first-order chi connectivity index (χ1) is 15.6. The predicted octanol–water partition coefficient (Wildman–Crippen LogP) is 3.91. The van der Waals surface area contributed by atoms with Gasteiger partial charge in [0, 0.05) is 50.4 Å². The largest absolute Gasteiger partial charge is 0.496 e. The molecule has 3 aromatic rings. The summed E-state index contributed by atoms with van der Waals surface area (Å²) in [6.45, 7) is 0.718. The van der Waals surface area contributed by atoms with E-state index in [2.05, 4.69) is 9.97 Å². The number of anilines is 1. The quantitative estimate of drug-likeness (QED) is 0.589. The van der Waals surface area contributed by atoms with Crippen molar-refractivity contribution in [3.63, 3.8) is 0 Å². The molecule has 0 bridgehead atoms. The zero-order valence-corrected chi connectivity index (χ0v) is 18.9. The van der Waals surface area contributed by atoms with Crippen molar-refractivity contribution in [2.24, 2.45) is 0 Å². The third kappa shape index (κ3) is 4.56. The second-order valence-corrected chi connectivity index (χ2v) is 8.19. The lowest BCUT2D eigenvalue weighted by Crippen LogP contribution is -2.40. The summed E-state index contributed by atoms with van der Waals surface area (Å²) in [6.07, 6.45) is 8.63. The maximum absolute atomic E-state index is 13.5. The van der Waals surface area contributed by atoms with Gasteiger partial charge in [0.25, 0.3) is 0 Å². The lowest BCUT2D eigenvalue weighted by Gasteiger charge is -2.36. The Labute approximate surface area is 189 Å². The number of rotatable bonds is 6. The van der Waals surface area contributed by atoms with Crippen molar-refractivity contribution in [1.29, 1.82) is 0 Å². The van der Waals surface area contributed by atoms with Crippen LogP contribution in [0.5, 0.6) is 5.75 Å². The minimum absolute atomic E-state index is 0.0879. The van der Waals surface area contributed by atoms with E-state index in [1.165, 1.54) is 0 Å². The number of para-hydroxylation sites is 1. The predicted molar refractivity (Wildman–Crippen MR) is 125 cm³/mol. The van der Waals surface area contributed by atoms with E-state index in [0.717, 1.165) is 53.9 Å². The van der Waals surface area contributed by atoms with Crippen LogP contribution in [0.1, 0.15) is 36.6 Å². The Hall–Kier alpha value is -3.48. The van der Waals surface area contributed by atoms with Gasteiger partial charge in [0.15, 0.2) is 0 Å². The second kappa shape index (κ2) is 9.77. The number of carbonyl (C=O) groups excluding carboxylic acids is 1. The zero-order valence-electron chi connectivity index (χ0n) is 18.9. The highest BCUT2D eigenvalue weighted by Crippen LogP contribution is 2.36. The molecule has 1 aliphatic heterocycles. The highest BCUT2D eigenvalue weighted by atomic mass is 16.5. The number of hydrogen-bond acceptors (Lipinski definition) is 6. The number of aromatic nitrogens is 3. The van der Waals surface area contributed by atoms with Gasteiger partial charge in [-0.1, -0.05) is 18.2 Å². The first-order valence-corrected chi connectivity index (χ1v) is 10.9. The van der Waals surface area contributed by atoms with Crippen LogP contribution in [-0.2, 0) is 11.2 Å². The SMILES string of the molecule is COc1ccccc1CC(=O)N1CCCC[C@H]1c1nc(N(C)C)ncc1-c1ccncc1. The van der Waals surface area contributed by atoms with Crippen molar-refractivity contribution < 1.29 is 9.53 Å². The summed E-state index contributed by atoms with van der Waals surface area (Å²) in [5, 5.41) is 0. The summed E-state index contributed by atoms with van der Waals surface area (Å²) in [5.74, 6) is 1.47. The van der Waals surface area contributed by atoms with E-state index in [1.807, 2.05) is 66.5 Å². The summed E-state index contributed by atoms with van der Waals surface area (Å²) in [7, 11) is 5.49. The summed E-state index contributed by atoms with van der Waals surface area (Å²) in [4.78, 5) is 31.0. The number of benzene rings is 1. The van der Waals surface area contributed by atoms with Gasteiger partial charge in [-0.3, -0.25) is 9.78 Å². The molecule has 32 heavy (non-hydrogen) atoms. The van der Waals surface area contributed by atoms with Crippen LogP contribution in [0.4, 0.5) is 5.95 Å². The van der Waals surface area contributed by atoms with Crippen LogP contribution in [-0.4, -0.2) is 53.5 Å². The molecule has 4 rings (SSSR count). The molecule has 1 aliphatic rings. The molecule has 0 unspecified atom stereocenters. The molecular formula is C25H29N5O2. The highest BCUT2D eigenvalue weighted by Gasteiger charge is 2.32. The molecular weight excluding hydrogens is 402 g/mol. The Kier molecular flexibility index (Phi) is 6.63. The van der Waals surface area contributed by atoms with Crippen molar-refractivity contribution in [1.82, 2.24) is 19.9 Å². The lowest BCUT2D eigenvalue weighted by atomic mass is 9.93. The Morgan fingerprint density at radius 3 is 2.69 bits per heavy atom. The van der Waals surface area contributed by atoms with E-state index in [9.17, 15) is 4.79 Å². The number of methoxy groups -OCH3 is 1. The van der Waals surface area contributed by atoms with Crippen LogP contribution in [0.15, 0.2) is 55.0 Å². The average molecular weight is 432 g/mol. The van der Waals surface area contributed by atoms with E-state index < -0.39 is 0 Å². The van der Waals surface area contributed by atoms with Gasteiger partial charge < -0.3 is 14.5 Å². The van der Waals surface area contributed by atoms with Gasteiger partial charge in [-0.05, 0) is 43.0 Å². The number of pyridine rings is 1. The fourth-order valence-corrected chi connectivity index (χ4v) is 4.24. The van der Waals surface area contributed by atoms with Gasteiger partial charge >= 0.3 is 0 Å². The van der Waals surface area contributed by atoms with E-state index in [-0.39, 0.29) is 11.9 Å². The molecule has 0 radical (unpaired) electrons. The van der Waals surface area contributed by atoms with Crippen LogP contribution < -0.4 is 9.64 Å². The van der Waals surface area contributed by atoms with Gasteiger partial charge in [0.2, 0.25) is 11.9 Å². The second-order valence-electron chi connectivity index (χ2n) is 8.19. The van der Waals surface area contributed by atoms with E-state index in [0.29, 0.717) is 12.4 Å². The molecule has 0 spiro atoms. The lowest BCUT2D eigenvalue weighted by molar-refractivity contribution is -0.134. The zero-order chi connectivity index (χ0) is 22.5. The third-order valence-electron chi connectivity index (χ3n) is 5.87. The molecule has 1 amide bonds. The number of carbonyl (C=O) groups is 1. The molecule has 7 heteroatoms. The van der Waals surface area contributed by atoms with Crippen LogP contribution in [0.3, 0.4) is 0 Å². The van der Waals surface area contributed by atoms with E-state index in [1.54, 1.807) is 19.5 Å². The number of nitrogens with zero attached hydrogens (tertiary/aromatic N) is 5. The molecule has 1 saturated heterocycles. The van der Waals surface area contributed by atoms with Crippen molar-refractivity contribution in [3.8, 4) is 16.9 Å². The molecule has 1 aromatic carbocycles. The molecule has 0 aliphatic carbocycles. The van der Waals surface area contributed by atoms with Crippen LogP contribution in [0.2, 0.25) is 0 Å². The Morgan fingerprint density at radius 2 is 1.94 bits per heavy atom. The molecule has 2 aromatic heterocycles. The van der Waals surface area contributed by atoms with Crippen molar-refractivity contribution in [2.75, 3.05) is 32.6 Å². The number of amides is 1. The minimum Gasteiger partial charge on any atom is -0.496 e. The van der Waals surface area contributed by atoms with Crippen LogP contribution in [0.25, 0.3) is 11.1 Å². The van der Waals surface area contributed by atoms with Crippen LogP contribution in [0, 0.1) is 0 Å². The van der Waals surface area contributed by atoms with Gasteiger partial charge in [0.1, 0.15) is 5.75 Å². The Bertz CT molecular complexity index is 1070. The first kappa shape index (κ1) is 21.7. The fourth-order valence-electron chi connectivity index (χ4n) is 4.24. The molecule has 0 N–H and O–H groups in total. The van der Waals surface area contributed by atoms with Gasteiger partial charge in [0.05, 0.1) is 25.3 Å². The third-order valence-corrected chi connectivity index (χ3v) is 5.87. The maximum atomic E-state index is 13.5. The van der Waals surface area contributed by atoms with Crippen molar-refractivity contribution in [3.05, 3.63) is 66.2 Å². The number of piperidine rings is 1. The maximum Gasteiger partial charge on any atom is 0.227 e. The highest BCUT2D eigenvalue weighted by molar-refractivity contribution is 5.80. The Balaban J connectivity index is 1.71. The minimum atomic E-state index is -0.101. The summed E-state index contributed by atoms with van der Waals surface area (Å²) >= 11 is 0. The Morgan fingerprint density at radius 1 is 1.16 bits per heavy atom. The smallest absolute Gasteiger partial charge is 0.227 e. The summed E-state index contributed by atoms with van der Waals surface area (Å²) in [5.41, 5.74) is 3.74. The normalized spacial score (nSPS) is 16.0. The molecule has 3 heterocycles. The molecule has 0 saturated carbocycles. The molecule has 7 nitrogen and oxygen atoms in total. The van der Waals surface area contributed by atoms with Crippen molar-refractivity contribution >= 4 is 11.9 Å². The average Bonchev–Trinajstić information content (AvgIpc) is 2.84. The van der Waals surface area contributed by atoms with Crippen molar-refractivity contribution in [2.45, 2.75) is 31.7 Å². The number of ether oxygens (including phenoxy) is 1. The first-order valence-electron chi connectivity index (χ1n) is 10.9. The van der Waals surface area contributed by atoms with Crippen LogP contribution >= 0.6 is 0 Å². The monoisotopic (exact) mass is 431 g/mol. The topological polar surface area (TPSA) is 71.5 Å². The summed E-state index contributed by atoms with van der Waals surface area (Å²) < 4.78 is 5.46. The van der Waals surface area contributed by atoms with Gasteiger partial charge in [-0.15, -0.1) is 0 Å². The molecule has 1 fully saturated rings. The summed E-state index contributed by atoms with van der Waals surface area (Å²) in [6, 6.07) is 11.5. The van der Waals surface area contributed by atoms with E-state index in [4.69, 9.17) is 9.72 Å².